The van der Waals surface area contributed by atoms with Gasteiger partial charge in [-0.1, -0.05) is 39.3 Å². The van der Waals surface area contributed by atoms with Gasteiger partial charge in [-0.05, 0) is 30.7 Å². The molecule has 0 saturated heterocycles. The number of anilines is 1. The number of benzene rings is 2. The third kappa shape index (κ3) is 3.06. The van der Waals surface area contributed by atoms with E-state index in [9.17, 15) is 9.59 Å². The minimum atomic E-state index is -0.662. The van der Waals surface area contributed by atoms with Crippen LogP contribution in [0.4, 0.5) is 5.69 Å². The van der Waals surface area contributed by atoms with E-state index in [-0.39, 0.29) is 17.8 Å². The van der Waals surface area contributed by atoms with Crippen molar-refractivity contribution >= 4 is 38.4 Å². The van der Waals surface area contributed by atoms with Crippen molar-refractivity contribution in [2.45, 2.75) is 19.1 Å². The number of para-hydroxylation sites is 1. The standard InChI is InChI=1S/C21H17BrN4O4/c1-29-17-7-8-26-16(9-11-3-2-4-13(17)18(11)26)20(27)23-15-6-5-12(22)10-14(15)19-24-21(28)30-25-19/h2-6,9-10,17H,7-8H2,1H3,(H,23,27)(H,24,25,28). The van der Waals surface area contributed by atoms with Crippen LogP contribution in [0.15, 0.2) is 56.3 Å². The molecule has 1 amide bonds. The molecule has 4 aromatic rings. The van der Waals surface area contributed by atoms with Crippen molar-refractivity contribution in [2.75, 3.05) is 12.4 Å². The van der Waals surface area contributed by atoms with Gasteiger partial charge in [-0.25, -0.2) is 4.79 Å². The molecule has 9 heteroatoms. The van der Waals surface area contributed by atoms with Crippen LogP contribution in [0.1, 0.15) is 28.6 Å². The maximum absolute atomic E-state index is 13.2. The third-order valence-corrected chi connectivity index (χ3v) is 5.85. The molecule has 0 fully saturated rings. The second-order valence-corrected chi connectivity index (χ2v) is 7.98. The van der Waals surface area contributed by atoms with Crippen molar-refractivity contribution < 1.29 is 14.1 Å². The summed E-state index contributed by atoms with van der Waals surface area (Å²) in [5.74, 6) is -0.671. The SMILES string of the molecule is COC1CCn2c(C(=O)Nc3ccc(Br)cc3-c3noc(=O)[nH]3)cc3cccc1c32. The second-order valence-electron chi connectivity index (χ2n) is 7.07. The number of nitrogens with zero attached hydrogens (tertiary/aromatic N) is 2. The molecule has 0 bridgehead atoms. The number of hydrogen-bond donors (Lipinski definition) is 2. The van der Waals surface area contributed by atoms with Gasteiger partial charge in [-0.3, -0.25) is 14.3 Å². The molecule has 2 aromatic carbocycles. The molecule has 2 N–H and O–H groups in total. The fraction of sp³-hybridized carbons (Fsp3) is 0.190. The van der Waals surface area contributed by atoms with Gasteiger partial charge >= 0.3 is 5.76 Å². The number of aromatic nitrogens is 3. The van der Waals surface area contributed by atoms with E-state index in [4.69, 9.17) is 4.74 Å². The lowest BCUT2D eigenvalue weighted by Crippen LogP contribution is -2.21. The summed E-state index contributed by atoms with van der Waals surface area (Å²) in [5, 5.41) is 7.69. The molecule has 2 aromatic heterocycles. The average Bonchev–Trinajstić information content (AvgIpc) is 3.35. The predicted octanol–water partition coefficient (Wildman–Crippen LogP) is 4.09. The Kier molecular flexibility index (Phi) is 4.56. The van der Waals surface area contributed by atoms with Crippen molar-refractivity contribution in [3.8, 4) is 11.4 Å². The van der Waals surface area contributed by atoms with Crippen LogP contribution in [0.25, 0.3) is 22.3 Å². The molecule has 0 saturated carbocycles. The third-order valence-electron chi connectivity index (χ3n) is 5.36. The van der Waals surface area contributed by atoms with E-state index in [0.717, 1.165) is 27.4 Å². The number of amides is 1. The van der Waals surface area contributed by atoms with Crippen LogP contribution < -0.4 is 11.1 Å². The molecule has 1 unspecified atom stereocenters. The van der Waals surface area contributed by atoms with E-state index in [2.05, 4.69) is 35.9 Å². The van der Waals surface area contributed by atoms with Gasteiger partial charge in [0, 0.05) is 34.6 Å². The molecule has 30 heavy (non-hydrogen) atoms. The van der Waals surface area contributed by atoms with Crippen LogP contribution in [0.5, 0.6) is 0 Å². The summed E-state index contributed by atoms with van der Waals surface area (Å²) in [6.45, 7) is 0.686. The summed E-state index contributed by atoms with van der Waals surface area (Å²) in [4.78, 5) is 27.1. The summed E-state index contributed by atoms with van der Waals surface area (Å²) in [6, 6.07) is 13.2. The Labute approximate surface area is 179 Å². The highest BCUT2D eigenvalue weighted by atomic mass is 79.9. The van der Waals surface area contributed by atoms with Gasteiger partial charge in [0.2, 0.25) is 0 Å². The molecule has 1 aliphatic rings. The lowest BCUT2D eigenvalue weighted by atomic mass is 10.0. The van der Waals surface area contributed by atoms with Gasteiger partial charge in [-0.2, -0.15) is 0 Å². The quantitative estimate of drug-likeness (QED) is 0.469. The monoisotopic (exact) mass is 468 g/mol. The fourth-order valence-corrected chi connectivity index (χ4v) is 4.40. The summed E-state index contributed by atoms with van der Waals surface area (Å²) in [5.41, 5.74) is 3.73. The molecule has 0 aliphatic carbocycles. The molecule has 8 nitrogen and oxygen atoms in total. The zero-order valence-corrected chi connectivity index (χ0v) is 17.5. The topological polar surface area (TPSA) is 102 Å². The van der Waals surface area contributed by atoms with Crippen molar-refractivity contribution in [1.29, 1.82) is 0 Å². The number of carbonyl (C=O) groups excluding carboxylic acids is 1. The smallest absolute Gasteiger partial charge is 0.377 e. The molecule has 3 heterocycles. The average molecular weight is 469 g/mol. The number of carbonyl (C=O) groups is 1. The molecule has 0 spiro atoms. The number of H-pyrrole nitrogens is 1. The van der Waals surface area contributed by atoms with Crippen LogP contribution in [0.2, 0.25) is 0 Å². The van der Waals surface area contributed by atoms with Crippen molar-refractivity contribution in [2.24, 2.45) is 0 Å². The number of aryl methyl sites for hydroxylation is 1. The first-order chi connectivity index (χ1) is 14.5. The summed E-state index contributed by atoms with van der Waals surface area (Å²) < 4.78 is 13.0. The minimum Gasteiger partial charge on any atom is -0.377 e. The van der Waals surface area contributed by atoms with E-state index in [1.807, 2.05) is 28.8 Å². The molecule has 1 aliphatic heterocycles. The van der Waals surface area contributed by atoms with Crippen LogP contribution in [0, 0.1) is 0 Å². The molecular weight excluding hydrogens is 452 g/mol. The van der Waals surface area contributed by atoms with Crippen LogP contribution in [-0.2, 0) is 11.3 Å². The number of methoxy groups -OCH3 is 1. The highest BCUT2D eigenvalue weighted by molar-refractivity contribution is 9.10. The van der Waals surface area contributed by atoms with Gasteiger partial charge in [0.05, 0.1) is 17.3 Å². The van der Waals surface area contributed by atoms with Gasteiger partial charge in [0.15, 0.2) is 5.82 Å². The van der Waals surface area contributed by atoms with Gasteiger partial charge in [0.25, 0.3) is 5.91 Å². The number of hydrogen-bond acceptors (Lipinski definition) is 5. The largest absolute Gasteiger partial charge is 0.439 e. The summed E-state index contributed by atoms with van der Waals surface area (Å²) in [7, 11) is 1.71. The van der Waals surface area contributed by atoms with Gasteiger partial charge < -0.3 is 14.6 Å². The number of rotatable bonds is 4. The number of aromatic amines is 1. The van der Waals surface area contributed by atoms with E-state index in [0.29, 0.717) is 23.5 Å². The zero-order chi connectivity index (χ0) is 20.8. The lowest BCUT2D eigenvalue weighted by Gasteiger charge is -2.25. The highest BCUT2D eigenvalue weighted by Gasteiger charge is 2.26. The Morgan fingerprint density at radius 1 is 1.33 bits per heavy atom. The van der Waals surface area contributed by atoms with E-state index in [1.54, 1.807) is 25.3 Å². The molecule has 152 valence electrons. The Bertz CT molecular complexity index is 1340. The molecular formula is C21H17BrN4O4. The second kappa shape index (κ2) is 7.26. The summed E-state index contributed by atoms with van der Waals surface area (Å²) in [6.07, 6.45) is 0.815. The Morgan fingerprint density at radius 3 is 2.97 bits per heavy atom. The molecule has 0 radical (unpaired) electrons. The van der Waals surface area contributed by atoms with E-state index in [1.165, 1.54) is 0 Å². The number of halogens is 1. The minimum absolute atomic E-state index is 0.0223. The maximum atomic E-state index is 13.2. The first-order valence-corrected chi connectivity index (χ1v) is 10.2. The van der Waals surface area contributed by atoms with Crippen LogP contribution >= 0.6 is 15.9 Å². The van der Waals surface area contributed by atoms with Gasteiger partial charge in [-0.15, -0.1) is 0 Å². The maximum Gasteiger partial charge on any atom is 0.439 e. The van der Waals surface area contributed by atoms with Crippen molar-refractivity contribution in [3.63, 3.8) is 0 Å². The fourth-order valence-electron chi connectivity index (χ4n) is 4.03. The Morgan fingerprint density at radius 2 is 2.20 bits per heavy atom. The Hall–Kier alpha value is -3.17. The molecule has 1 atom stereocenters. The first kappa shape index (κ1) is 18.8. The number of nitrogens with one attached hydrogen (secondary N) is 2. The van der Waals surface area contributed by atoms with Crippen LogP contribution in [0.3, 0.4) is 0 Å². The zero-order valence-electron chi connectivity index (χ0n) is 15.9. The predicted molar refractivity (Wildman–Crippen MR) is 115 cm³/mol. The summed E-state index contributed by atoms with van der Waals surface area (Å²) >= 11 is 3.41. The van der Waals surface area contributed by atoms with E-state index < -0.39 is 5.76 Å². The lowest BCUT2D eigenvalue weighted by molar-refractivity contribution is 0.0874. The van der Waals surface area contributed by atoms with Crippen molar-refractivity contribution in [1.82, 2.24) is 14.7 Å². The Balaban J connectivity index is 1.56. The normalized spacial score (nSPS) is 15.5. The number of ether oxygens (including phenoxy) is 1. The molecule has 5 rings (SSSR count). The first-order valence-electron chi connectivity index (χ1n) is 9.37. The van der Waals surface area contributed by atoms with Crippen LogP contribution in [-0.4, -0.2) is 27.7 Å². The highest BCUT2D eigenvalue weighted by Crippen LogP contribution is 2.36. The van der Waals surface area contributed by atoms with Crippen molar-refractivity contribution in [3.05, 3.63) is 68.7 Å². The van der Waals surface area contributed by atoms with E-state index >= 15 is 0 Å². The van der Waals surface area contributed by atoms with Gasteiger partial charge in [0.1, 0.15) is 5.69 Å².